The number of halogens is 1. The lowest BCUT2D eigenvalue weighted by molar-refractivity contribution is 0.383. The van der Waals surface area contributed by atoms with Crippen molar-refractivity contribution >= 4 is 10.8 Å². The van der Waals surface area contributed by atoms with Crippen molar-refractivity contribution in [3.05, 3.63) is 53.8 Å². The molecule has 3 rings (SSSR count). The van der Waals surface area contributed by atoms with Gasteiger partial charge >= 0.3 is 0 Å². The van der Waals surface area contributed by atoms with Crippen LogP contribution in [0.5, 0.6) is 17.2 Å². The third-order valence-electron chi connectivity index (χ3n) is 4.62. The van der Waals surface area contributed by atoms with Gasteiger partial charge in [-0.1, -0.05) is 45.0 Å². The molecule has 0 spiro atoms. The van der Waals surface area contributed by atoms with Crippen LogP contribution in [-0.2, 0) is 5.41 Å². The highest BCUT2D eigenvalue weighted by molar-refractivity contribution is 6.07. The fraction of sp³-hybridized carbons (Fsp3) is 0.273. The SMILES string of the molecule is COc1cc(F)c(OC)c2c(-c3ccc(C(C)(C)C)cc3)ccc(O)c12. The molecule has 0 heterocycles. The minimum absolute atomic E-state index is 0.0187. The van der Waals surface area contributed by atoms with E-state index >= 15 is 0 Å². The summed E-state index contributed by atoms with van der Waals surface area (Å²) in [5, 5.41) is 11.3. The Bertz CT molecular complexity index is 954. The Morgan fingerprint density at radius 3 is 2.08 bits per heavy atom. The summed E-state index contributed by atoms with van der Waals surface area (Å²) in [4.78, 5) is 0. The van der Waals surface area contributed by atoms with Gasteiger partial charge in [0.15, 0.2) is 11.6 Å². The van der Waals surface area contributed by atoms with Crippen LogP contribution in [0, 0.1) is 5.82 Å². The van der Waals surface area contributed by atoms with E-state index in [1.165, 1.54) is 25.8 Å². The lowest BCUT2D eigenvalue weighted by Gasteiger charge is -2.20. The number of fused-ring (bicyclic) bond motifs is 1. The number of phenolic OH excluding ortho intramolecular Hbond substituents is 1. The van der Waals surface area contributed by atoms with E-state index in [1.807, 2.05) is 12.1 Å². The second kappa shape index (κ2) is 6.52. The summed E-state index contributed by atoms with van der Waals surface area (Å²) in [6, 6.07) is 12.7. The molecule has 1 N–H and O–H groups in total. The summed E-state index contributed by atoms with van der Waals surface area (Å²) in [5.74, 6) is -0.157. The van der Waals surface area contributed by atoms with Crippen molar-refractivity contribution in [3.63, 3.8) is 0 Å². The molecule has 26 heavy (non-hydrogen) atoms. The lowest BCUT2D eigenvalue weighted by Crippen LogP contribution is -2.10. The van der Waals surface area contributed by atoms with Crippen LogP contribution in [0.4, 0.5) is 4.39 Å². The summed E-state index contributed by atoms with van der Waals surface area (Å²) >= 11 is 0. The van der Waals surface area contributed by atoms with Crippen LogP contribution in [0.2, 0.25) is 0 Å². The van der Waals surface area contributed by atoms with E-state index < -0.39 is 5.82 Å². The Morgan fingerprint density at radius 1 is 0.885 bits per heavy atom. The topological polar surface area (TPSA) is 38.7 Å². The van der Waals surface area contributed by atoms with E-state index in [1.54, 1.807) is 12.1 Å². The monoisotopic (exact) mass is 354 g/mol. The lowest BCUT2D eigenvalue weighted by atomic mass is 9.86. The molecular weight excluding hydrogens is 331 g/mol. The van der Waals surface area contributed by atoms with Crippen LogP contribution in [0.15, 0.2) is 42.5 Å². The smallest absolute Gasteiger partial charge is 0.169 e. The summed E-state index contributed by atoms with van der Waals surface area (Å²) < 4.78 is 25.1. The second-order valence-electron chi connectivity index (χ2n) is 7.30. The van der Waals surface area contributed by atoms with Gasteiger partial charge in [-0.25, -0.2) is 4.39 Å². The second-order valence-corrected chi connectivity index (χ2v) is 7.30. The molecule has 0 atom stereocenters. The minimum atomic E-state index is -0.532. The molecule has 0 saturated heterocycles. The fourth-order valence-electron chi connectivity index (χ4n) is 3.20. The zero-order valence-electron chi connectivity index (χ0n) is 15.7. The van der Waals surface area contributed by atoms with Crippen LogP contribution < -0.4 is 9.47 Å². The van der Waals surface area contributed by atoms with Gasteiger partial charge in [-0.3, -0.25) is 0 Å². The normalized spacial score (nSPS) is 11.6. The third kappa shape index (κ3) is 2.96. The van der Waals surface area contributed by atoms with Gasteiger partial charge in [-0.2, -0.15) is 0 Å². The summed E-state index contributed by atoms with van der Waals surface area (Å²) in [6.07, 6.45) is 0. The number of aromatic hydroxyl groups is 1. The minimum Gasteiger partial charge on any atom is -0.507 e. The Labute approximate surface area is 153 Å². The van der Waals surface area contributed by atoms with Gasteiger partial charge in [0.25, 0.3) is 0 Å². The highest BCUT2D eigenvalue weighted by atomic mass is 19.1. The van der Waals surface area contributed by atoms with E-state index in [2.05, 4.69) is 32.9 Å². The van der Waals surface area contributed by atoms with Gasteiger partial charge < -0.3 is 14.6 Å². The average molecular weight is 354 g/mol. The number of rotatable bonds is 3. The molecule has 0 aliphatic heterocycles. The molecule has 0 aliphatic carbocycles. The van der Waals surface area contributed by atoms with Crippen molar-refractivity contribution in [1.29, 1.82) is 0 Å². The maximum absolute atomic E-state index is 14.5. The average Bonchev–Trinajstić information content (AvgIpc) is 2.60. The summed E-state index contributed by atoms with van der Waals surface area (Å²) in [6.45, 7) is 6.46. The molecule has 0 amide bonds. The molecule has 4 heteroatoms. The molecule has 0 aromatic heterocycles. The van der Waals surface area contributed by atoms with Crippen molar-refractivity contribution in [3.8, 4) is 28.4 Å². The van der Waals surface area contributed by atoms with Gasteiger partial charge in [0, 0.05) is 11.5 Å². The van der Waals surface area contributed by atoms with E-state index in [-0.39, 0.29) is 22.7 Å². The number of methoxy groups -OCH3 is 2. The van der Waals surface area contributed by atoms with Crippen LogP contribution >= 0.6 is 0 Å². The van der Waals surface area contributed by atoms with Crippen molar-refractivity contribution in [1.82, 2.24) is 0 Å². The van der Waals surface area contributed by atoms with Gasteiger partial charge in [-0.05, 0) is 34.2 Å². The van der Waals surface area contributed by atoms with Gasteiger partial charge in [-0.15, -0.1) is 0 Å². The molecule has 0 bridgehead atoms. The van der Waals surface area contributed by atoms with Crippen molar-refractivity contribution in [2.75, 3.05) is 14.2 Å². The van der Waals surface area contributed by atoms with Crippen LogP contribution in [-0.4, -0.2) is 19.3 Å². The molecule has 3 aromatic carbocycles. The van der Waals surface area contributed by atoms with E-state index in [4.69, 9.17) is 9.47 Å². The first-order valence-electron chi connectivity index (χ1n) is 8.45. The predicted molar refractivity (Wildman–Crippen MR) is 103 cm³/mol. The molecule has 136 valence electrons. The van der Waals surface area contributed by atoms with Gasteiger partial charge in [0.2, 0.25) is 0 Å². The first-order valence-corrected chi connectivity index (χ1v) is 8.45. The molecule has 0 unspecified atom stereocenters. The number of hydrogen-bond donors (Lipinski definition) is 1. The largest absolute Gasteiger partial charge is 0.507 e. The van der Waals surface area contributed by atoms with Crippen LogP contribution in [0.3, 0.4) is 0 Å². The maximum atomic E-state index is 14.5. The van der Waals surface area contributed by atoms with E-state index in [0.717, 1.165) is 11.1 Å². The highest BCUT2D eigenvalue weighted by Crippen LogP contribution is 2.45. The highest BCUT2D eigenvalue weighted by Gasteiger charge is 2.21. The molecule has 0 aliphatic rings. The van der Waals surface area contributed by atoms with E-state index in [0.29, 0.717) is 10.8 Å². The fourth-order valence-corrected chi connectivity index (χ4v) is 3.20. The molecule has 3 aromatic rings. The van der Waals surface area contributed by atoms with Crippen LogP contribution in [0.1, 0.15) is 26.3 Å². The third-order valence-corrected chi connectivity index (χ3v) is 4.62. The Hall–Kier alpha value is -2.75. The molecule has 3 nitrogen and oxygen atoms in total. The quantitative estimate of drug-likeness (QED) is 0.659. The van der Waals surface area contributed by atoms with Crippen molar-refractivity contribution in [2.45, 2.75) is 26.2 Å². The predicted octanol–water partition coefficient (Wildman–Crippen LogP) is 5.67. The standard InChI is InChI=1S/C22H23FO3/c1-22(2,3)14-8-6-13(7-9-14)15-10-11-17(24)20-18(25-4)12-16(23)21(26-5)19(15)20/h6-12,24H,1-5H3. The number of hydrogen-bond acceptors (Lipinski definition) is 3. The molecule has 0 fully saturated rings. The van der Waals surface area contributed by atoms with Crippen molar-refractivity contribution < 1.29 is 19.0 Å². The zero-order chi connectivity index (χ0) is 19.1. The maximum Gasteiger partial charge on any atom is 0.169 e. The molecule has 0 radical (unpaired) electrons. The Balaban J connectivity index is 2.33. The van der Waals surface area contributed by atoms with E-state index in [9.17, 15) is 9.50 Å². The zero-order valence-corrected chi connectivity index (χ0v) is 15.7. The van der Waals surface area contributed by atoms with Gasteiger partial charge in [0.05, 0.1) is 19.6 Å². The first kappa shape index (κ1) is 18.1. The number of phenols is 1. The molecular formula is C22H23FO3. The Kier molecular flexibility index (Phi) is 4.53. The number of ether oxygens (including phenoxy) is 2. The van der Waals surface area contributed by atoms with Crippen molar-refractivity contribution in [2.24, 2.45) is 0 Å². The number of benzene rings is 3. The van der Waals surface area contributed by atoms with Gasteiger partial charge in [0.1, 0.15) is 11.5 Å². The Morgan fingerprint density at radius 2 is 1.54 bits per heavy atom. The van der Waals surface area contributed by atoms with Crippen LogP contribution in [0.25, 0.3) is 21.9 Å². The summed E-state index contributed by atoms with van der Waals surface area (Å²) in [5.41, 5.74) is 2.93. The molecule has 0 saturated carbocycles. The summed E-state index contributed by atoms with van der Waals surface area (Å²) in [7, 11) is 2.87. The first-order chi connectivity index (χ1) is 12.3.